The molecule has 100 valence electrons. The highest BCUT2D eigenvalue weighted by molar-refractivity contribution is 9.10. The van der Waals surface area contributed by atoms with Crippen LogP contribution in [0.25, 0.3) is 10.9 Å². The number of halogens is 1. The fraction of sp³-hybridized carbons (Fsp3) is 0.118. The number of rotatable bonds is 3. The summed E-state index contributed by atoms with van der Waals surface area (Å²) in [4.78, 5) is 15.9. The Bertz CT molecular complexity index is 789. The minimum Gasteiger partial charge on any atom is -0.360 e. The summed E-state index contributed by atoms with van der Waals surface area (Å²) in [5.41, 5.74) is 3.58. The van der Waals surface area contributed by atoms with Crippen molar-refractivity contribution in [2.24, 2.45) is 0 Å². The third-order valence-electron chi connectivity index (χ3n) is 3.53. The second-order valence-electron chi connectivity index (χ2n) is 4.73. The number of aromatic amines is 1. The van der Waals surface area contributed by atoms with E-state index in [1.54, 1.807) is 6.20 Å². The molecule has 0 spiro atoms. The van der Waals surface area contributed by atoms with E-state index in [0.717, 1.165) is 38.5 Å². The number of fused-ring (bicyclic) bond motifs is 1. The fourth-order valence-corrected chi connectivity index (χ4v) is 2.84. The maximum absolute atomic E-state index is 12.8. The van der Waals surface area contributed by atoms with Gasteiger partial charge in [-0.15, -0.1) is 0 Å². The molecule has 0 fully saturated rings. The lowest BCUT2D eigenvalue weighted by Crippen LogP contribution is -2.04. The van der Waals surface area contributed by atoms with Crippen molar-refractivity contribution in [3.63, 3.8) is 0 Å². The summed E-state index contributed by atoms with van der Waals surface area (Å²) in [7, 11) is 0. The standard InChI is InChI=1S/C17H14BrNO/c1-2-11-5-3-4-6-13(11)17(20)15-10-19-16-9-12(18)7-8-14(15)16/h3-10,19H,2H2,1H3. The lowest BCUT2D eigenvalue weighted by molar-refractivity contribution is 0.103. The Morgan fingerprint density at radius 1 is 1.15 bits per heavy atom. The second kappa shape index (κ2) is 5.25. The summed E-state index contributed by atoms with van der Waals surface area (Å²) in [6, 6.07) is 13.7. The highest BCUT2D eigenvalue weighted by atomic mass is 79.9. The first kappa shape index (κ1) is 13.1. The third kappa shape index (κ3) is 2.18. The molecule has 3 heteroatoms. The van der Waals surface area contributed by atoms with Gasteiger partial charge >= 0.3 is 0 Å². The van der Waals surface area contributed by atoms with Crippen molar-refractivity contribution in [1.82, 2.24) is 4.98 Å². The zero-order valence-electron chi connectivity index (χ0n) is 11.1. The van der Waals surface area contributed by atoms with Gasteiger partial charge in [0.1, 0.15) is 0 Å². The summed E-state index contributed by atoms with van der Waals surface area (Å²) in [5, 5.41) is 0.962. The molecule has 1 aromatic heterocycles. The highest BCUT2D eigenvalue weighted by Gasteiger charge is 2.16. The monoisotopic (exact) mass is 327 g/mol. The molecule has 0 saturated carbocycles. The van der Waals surface area contributed by atoms with Crippen molar-refractivity contribution in [1.29, 1.82) is 0 Å². The Hall–Kier alpha value is -1.87. The van der Waals surface area contributed by atoms with Crippen molar-refractivity contribution >= 4 is 32.6 Å². The van der Waals surface area contributed by atoms with Gasteiger partial charge in [0.05, 0.1) is 0 Å². The smallest absolute Gasteiger partial charge is 0.195 e. The van der Waals surface area contributed by atoms with Crippen molar-refractivity contribution in [2.45, 2.75) is 13.3 Å². The summed E-state index contributed by atoms with van der Waals surface area (Å²) >= 11 is 3.44. The molecule has 0 aliphatic heterocycles. The molecule has 0 bridgehead atoms. The average molecular weight is 328 g/mol. The number of carbonyl (C=O) groups excluding carboxylic acids is 1. The van der Waals surface area contributed by atoms with Crippen LogP contribution >= 0.6 is 15.9 Å². The molecule has 2 nitrogen and oxygen atoms in total. The van der Waals surface area contributed by atoms with Crippen LogP contribution in [0.3, 0.4) is 0 Å². The van der Waals surface area contributed by atoms with E-state index >= 15 is 0 Å². The molecule has 0 atom stereocenters. The van der Waals surface area contributed by atoms with Crippen LogP contribution in [0.15, 0.2) is 53.1 Å². The summed E-state index contributed by atoms with van der Waals surface area (Å²) < 4.78 is 1.000. The highest BCUT2D eigenvalue weighted by Crippen LogP contribution is 2.25. The maximum atomic E-state index is 12.8. The van der Waals surface area contributed by atoms with E-state index < -0.39 is 0 Å². The van der Waals surface area contributed by atoms with E-state index in [1.807, 2.05) is 42.5 Å². The van der Waals surface area contributed by atoms with Crippen molar-refractivity contribution in [3.05, 3.63) is 69.8 Å². The van der Waals surface area contributed by atoms with Gasteiger partial charge in [0, 0.05) is 32.7 Å². The number of hydrogen-bond acceptors (Lipinski definition) is 1. The molecule has 20 heavy (non-hydrogen) atoms. The van der Waals surface area contributed by atoms with Crippen LogP contribution in [-0.4, -0.2) is 10.8 Å². The number of hydrogen-bond donors (Lipinski definition) is 1. The van der Waals surface area contributed by atoms with Gasteiger partial charge in [-0.2, -0.15) is 0 Å². The number of aromatic nitrogens is 1. The van der Waals surface area contributed by atoms with Crippen LogP contribution < -0.4 is 0 Å². The van der Waals surface area contributed by atoms with E-state index in [9.17, 15) is 4.79 Å². The number of nitrogens with one attached hydrogen (secondary N) is 1. The van der Waals surface area contributed by atoms with Crippen molar-refractivity contribution < 1.29 is 4.79 Å². The Labute approximate surface area is 126 Å². The van der Waals surface area contributed by atoms with E-state index in [-0.39, 0.29) is 5.78 Å². The van der Waals surface area contributed by atoms with E-state index in [2.05, 4.69) is 27.8 Å². The van der Waals surface area contributed by atoms with Crippen LogP contribution in [0, 0.1) is 0 Å². The number of carbonyl (C=O) groups is 1. The van der Waals surface area contributed by atoms with Gasteiger partial charge < -0.3 is 4.98 Å². The van der Waals surface area contributed by atoms with Gasteiger partial charge in [-0.3, -0.25) is 4.79 Å². The van der Waals surface area contributed by atoms with Crippen LogP contribution in [0.4, 0.5) is 0 Å². The first-order valence-corrected chi connectivity index (χ1v) is 7.39. The number of aryl methyl sites for hydroxylation is 1. The van der Waals surface area contributed by atoms with Crippen LogP contribution in [0.1, 0.15) is 28.4 Å². The predicted octanol–water partition coefficient (Wildman–Crippen LogP) is 4.72. The van der Waals surface area contributed by atoms with Crippen LogP contribution in [0.5, 0.6) is 0 Å². The minimum atomic E-state index is 0.0797. The summed E-state index contributed by atoms with van der Waals surface area (Å²) in [5.74, 6) is 0.0797. The molecule has 0 radical (unpaired) electrons. The minimum absolute atomic E-state index is 0.0797. The summed E-state index contributed by atoms with van der Waals surface area (Å²) in [6.07, 6.45) is 2.65. The topological polar surface area (TPSA) is 32.9 Å². The van der Waals surface area contributed by atoms with Gasteiger partial charge in [0.2, 0.25) is 0 Å². The van der Waals surface area contributed by atoms with Crippen LogP contribution in [-0.2, 0) is 6.42 Å². The lowest BCUT2D eigenvalue weighted by atomic mass is 9.97. The van der Waals surface area contributed by atoms with Gasteiger partial charge in [0.15, 0.2) is 5.78 Å². The number of H-pyrrole nitrogens is 1. The molecular weight excluding hydrogens is 314 g/mol. The lowest BCUT2D eigenvalue weighted by Gasteiger charge is -2.05. The first-order valence-electron chi connectivity index (χ1n) is 6.60. The maximum Gasteiger partial charge on any atom is 0.195 e. The normalized spacial score (nSPS) is 10.9. The van der Waals surface area contributed by atoms with Gasteiger partial charge in [-0.1, -0.05) is 53.2 Å². The van der Waals surface area contributed by atoms with Crippen molar-refractivity contribution in [2.75, 3.05) is 0 Å². The zero-order chi connectivity index (χ0) is 14.1. The molecule has 0 aliphatic carbocycles. The molecule has 2 aromatic carbocycles. The van der Waals surface area contributed by atoms with E-state index in [4.69, 9.17) is 0 Å². The Morgan fingerprint density at radius 2 is 1.95 bits per heavy atom. The Balaban J connectivity index is 2.13. The molecule has 1 N–H and O–H groups in total. The number of benzene rings is 2. The Kier molecular flexibility index (Phi) is 3.45. The third-order valence-corrected chi connectivity index (χ3v) is 4.02. The largest absolute Gasteiger partial charge is 0.360 e. The Morgan fingerprint density at radius 3 is 2.75 bits per heavy atom. The van der Waals surface area contributed by atoms with Crippen molar-refractivity contribution in [3.8, 4) is 0 Å². The molecule has 3 rings (SSSR count). The first-order chi connectivity index (χ1) is 9.70. The van der Waals surface area contributed by atoms with Gasteiger partial charge in [0.25, 0.3) is 0 Å². The molecule has 1 heterocycles. The van der Waals surface area contributed by atoms with Crippen LogP contribution in [0.2, 0.25) is 0 Å². The zero-order valence-corrected chi connectivity index (χ0v) is 12.7. The molecule has 3 aromatic rings. The second-order valence-corrected chi connectivity index (χ2v) is 5.65. The van der Waals surface area contributed by atoms with E-state index in [1.165, 1.54) is 0 Å². The quantitative estimate of drug-likeness (QED) is 0.693. The van der Waals surface area contributed by atoms with Gasteiger partial charge in [-0.25, -0.2) is 0 Å². The molecular formula is C17H14BrNO. The molecule has 0 amide bonds. The average Bonchev–Trinajstić information content (AvgIpc) is 2.89. The van der Waals surface area contributed by atoms with E-state index in [0.29, 0.717) is 0 Å². The summed E-state index contributed by atoms with van der Waals surface area (Å²) in [6.45, 7) is 2.07. The van der Waals surface area contributed by atoms with Gasteiger partial charge in [-0.05, 0) is 24.1 Å². The number of ketones is 1. The fourth-order valence-electron chi connectivity index (χ4n) is 2.48. The molecule has 0 aliphatic rings. The predicted molar refractivity (Wildman–Crippen MR) is 85.3 cm³/mol. The SMILES string of the molecule is CCc1ccccc1C(=O)c1c[nH]c2cc(Br)ccc12. The molecule has 0 unspecified atom stereocenters. The molecule has 0 saturated heterocycles.